The second kappa shape index (κ2) is 6.78. The summed E-state index contributed by atoms with van der Waals surface area (Å²) in [7, 11) is 0. The first-order valence-electron chi connectivity index (χ1n) is 7.92. The van der Waals surface area contributed by atoms with Crippen LogP contribution >= 0.6 is 0 Å². The van der Waals surface area contributed by atoms with Crippen molar-refractivity contribution in [1.82, 2.24) is 10.3 Å². The predicted octanol–water partition coefficient (Wildman–Crippen LogP) is 2.64. The van der Waals surface area contributed by atoms with E-state index in [1.54, 1.807) is 0 Å². The van der Waals surface area contributed by atoms with Crippen molar-refractivity contribution in [2.75, 3.05) is 11.9 Å². The average Bonchev–Trinajstić information content (AvgIpc) is 2.90. The molecule has 1 aliphatic rings. The van der Waals surface area contributed by atoms with Crippen molar-refractivity contribution in [3.8, 4) is 0 Å². The summed E-state index contributed by atoms with van der Waals surface area (Å²) in [6.07, 6.45) is 2.71. The Bertz CT molecular complexity index is 792. The van der Waals surface area contributed by atoms with Crippen LogP contribution in [0.1, 0.15) is 40.9 Å². The molecule has 1 atom stereocenters. The third-order valence-electron chi connectivity index (χ3n) is 4.17. The monoisotopic (exact) mass is 327 g/mol. The molecule has 0 spiro atoms. The molecule has 6 heteroatoms. The summed E-state index contributed by atoms with van der Waals surface area (Å²) >= 11 is 0. The number of carbonyl (C=O) groups excluding carboxylic acids is 2. The van der Waals surface area contributed by atoms with E-state index in [1.165, 1.54) is 18.3 Å². The summed E-state index contributed by atoms with van der Waals surface area (Å²) in [4.78, 5) is 27.8. The average molecular weight is 327 g/mol. The molecule has 2 aromatic rings. The Labute approximate surface area is 139 Å². The zero-order valence-corrected chi connectivity index (χ0v) is 13.3. The highest BCUT2D eigenvalue weighted by molar-refractivity contribution is 6.03. The Morgan fingerprint density at radius 2 is 2.21 bits per heavy atom. The van der Waals surface area contributed by atoms with Crippen molar-refractivity contribution in [3.05, 3.63) is 59.2 Å². The first kappa shape index (κ1) is 16.1. The molecule has 1 aliphatic heterocycles. The maximum atomic E-state index is 13.5. The molecule has 0 radical (unpaired) electrons. The van der Waals surface area contributed by atoms with Crippen molar-refractivity contribution in [3.63, 3.8) is 0 Å². The van der Waals surface area contributed by atoms with Gasteiger partial charge in [-0.2, -0.15) is 0 Å². The highest BCUT2D eigenvalue weighted by Gasteiger charge is 2.30. The van der Waals surface area contributed by atoms with E-state index in [2.05, 4.69) is 22.5 Å². The van der Waals surface area contributed by atoms with Gasteiger partial charge in [-0.15, -0.1) is 0 Å². The Morgan fingerprint density at radius 3 is 2.96 bits per heavy atom. The number of hydrogen-bond donors (Lipinski definition) is 2. The lowest BCUT2D eigenvalue weighted by molar-refractivity contribution is -0.117. The number of fused-ring (bicyclic) bond motifs is 1. The Hall–Kier alpha value is -2.76. The highest BCUT2D eigenvalue weighted by Crippen LogP contribution is 2.35. The lowest BCUT2D eigenvalue weighted by Crippen LogP contribution is -2.28. The topological polar surface area (TPSA) is 71.1 Å². The number of hydrogen-bond acceptors (Lipinski definition) is 3. The number of nitrogens with one attached hydrogen (secondary N) is 2. The highest BCUT2D eigenvalue weighted by atomic mass is 19.1. The van der Waals surface area contributed by atoms with Gasteiger partial charge >= 0.3 is 0 Å². The second-order valence-electron chi connectivity index (χ2n) is 5.70. The van der Waals surface area contributed by atoms with Crippen molar-refractivity contribution < 1.29 is 14.0 Å². The van der Waals surface area contributed by atoms with Crippen LogP contribution in [0.4, 0.5) is 10.1 Å². The molecule has 1 aromatic heterocycles. The van der Waals surface area contributed by atoms with E-state index in [1.807, 2.05) is 18.2 Å². The molecule has 2 N–H and O–H groups in total. The van der Waals surface area contributed by atoms with Gasteiger partial charge in [-0.25, -0.2) is 9.37 Å². The molecule has 3 rings (SSSR count). The number of halogens is 1. The van der Waals surface area contributed by atoms with Crippen LogP contribution in [0.2, 0.25) is 0 Å². The smallest absolute Gasteiger partial charge is 0.272 e. The molecule has 5 nitrogen and oxygen atoms in total. The number of amides is 2. The zero-order valence-electron chi connectivity index (χ0n) is 13.3. The van der Waals surface area contributed by atoms with Gasteiger partial charge in [-0.1, -0.05) is 19.1 Å². The van der Waals surface area contributed by atoms with Gasteiger partial charge < -0.3 is 10.6 Å². The van der Waals surface area contributed by atoms with E-state index in [-0.39, 0.29) is 24.1 Å². The van der Waals surface area contributed by atoms with Crippen LogP contribution in [0.15, 0.2) is 36.5 Å². The van der Waals surface area contributed by atoms with E-state index >= 15 is 0 Å². The summed E-state index contributed by atoms with van der Waals surface area (Å²) < 4.78 is 13.5. The molecule has 124 valence electrons. The molecule has 0 unspecified atom stereocenters. The number of rotatable bonds is 5. The van der Waals surface area contributed by atoms with Crippen molar-refractivity contribution in [2.45, 2.75) is 25.7 Å². The van der Waals surface area contributed by atoms with Crippen molar-refractivity contribution >= 4 is 17.5 Å². The third kappa shape index (κ3) is 3.13. The fourth-order valence-corrected chi connectivity index (χ4v) is 2.85. The molecule has 0 bridgehead atoms. The lowest BCUT2D eigenvalue weighted by atomic mass is 9.95. The van der Waals surface area contributed by atoms with Crippen LogP contribution in [0, 0.1) is 5.82 Å². The first-order chi connectivity index (χ1) is 11.6. The number of aromatic nitrogens is 1. The summed E-state index contributed by atoms with van der Waals surface area (Å²) in [5.74, 6) is -1.61. The van der Waals surface area contributed by atoms with Gasteiger partial charge in [0.2, 0.25) is 5.91 Å². The lowest BCUT2D eigenvalue weighted by Gasteiger charge is -2.11. The van der Waals surface area contributed by atoms with Crippen LogP contribution < -0.4 is 10.6 Å². The quantitative estimate of drug-likeness (QED) is 0.887. The normalized spacial score (nSPS) is 15.8. The van der Waals surface area contributed by atoms with Gasteiger partial charge in [0, 0.05) is 18.4 Å². The van der Waals surface area contributed by atoms with Crippen LogP contribution in [-0.4, -0.2) is 23.3 Å². The minimum absolute atomic E-state index is 0.0727. The Kier molecular flexibility index (Phi) is 4.55. The van der Waals surface area contributed by atoms with Gasteiger partial charge in [0.05, 0.1) is 5.92 Å². The van der Waals surface area contributed by atoms with Gasteiger partial charge in [-0.05, 0) is 42.2 Å². The molecule has 0 aliphatic carbocycles. The van der Waals surface area contributed by atoms with E-state index in [9.17, 15) is 14.0 Å². The molecular formula is C18H18FN3O2. The fraction of sp³-hybridized carbons (Fsp3) is 0.278. The predicted molar refractivity (Wildman–Crippen MR) is 88.3 cm³/mol. The summed E-state index contributed by atoms with van der Waals surface area (Å²) in [6.45, 7) is 2.32. The number of carbonyl (C=O) groups is 2. The van der Waals surface area contributed by atoms with Gasteiger partial charge in [0.25, 0.3) is 5.91 Å². The molecule has 2 heterocycles. The number of pyridine rings is 1. The standard InChI is InChI=1S/C18H18FN3O2/c1-2-11-5-6-15-13(10-11)12(17(23)22-15)7-9-21-18(24)16-14(19)4-3-8-20-16/h3-6,8,10,12H,2,7,9H2,1H3,(H,21,24)(H,22,23)/t12-/m0/s1. The number of nitrogens with zero attached hydrogens (tertiary/aromatic N) is 1. The third-order valence-corrected chi connectivity index (χ3v) is 4.17. The molecule has 0 saturated heterocycles. The fourth-order valence-electron chi connectivity index (χ4n) is 2.85. The van der Waals surface area contributed by atoms with Crippen LogP contribution in [-0.2, 0) is 11.2 Å². The molecule has 1 aromatic carbocycles. The second-order valence-corrected chi connectivity index (χ2v) is 5.70. The molecular weight excluding hydrogens is 309 g/mol. The largest absolute Gasteiger partial charge is 0.351 e. The van der Waals surface area contributed by atoms with Gasteiger partial charge in [-0.3, -0.25) is 9.59 Å². The van der Waals surface area contributed by atoms with E-state index in [0.717, 1.165) is 23.2 Å². The first-order valence-corrected chi connectivity index (χ1v) is 7.92. The zero-order chi connectivity index (χ0) is 17.1. The molecule has 0 fully saturated rings. The summed E-state index contributed by atoms with van der Waals surface area (Å²) in [5, 5.41) is 5.48. The number of benzene rings is 1. The van der Waals surface area contributed by atoms with Crippen molar-refractivity contribution in [2.24, 2.45) is 0 Å². The molecule has 0 saturated carbocycles. The maximum absolute atomic E-state index is 13.5. The SMILES string of the molecule is CCc1ccc2c(c1)[C@H](CCNC(=O)c1ncccc1F)C(=O)N2. The minimum Gasteiger partial charge on any atom is -0.351 e. The minimum atomic E-state index is -0.661. The van der Waals surface area contributed by atoms with E-state index in [4.69, 9.17) is 0 Å². The Morgan fingerprint density at radius 1 is 1.38 bits per heavy atom. The summed E-state index contributed by atoms with van der Waals surface area (Å²) in [6, 6.07) is 8.55. The number of anilines is 1. The summed E-state index contributed by atoms with van der Waals surface area (Å²) in [5.41, 5.74) is 2.71. The Balaban J connectivity index is 1.65. The molecule has 24 heavy (non-hydrogen) atoms. The van der Waals surface area contributed by atoms with Gasteiger partial charge in [0.15, 0.2) is 11.5 Å². The number of aryl methyl sites for hydroxylation is 1. The van der Waals surface area contributed by atoms with Crippen LogP contribution in [0.5, 0.6) is 0 Å². The molecule has 2 amide bonds. The van der Waals surface area contributed by atoms with E-state index in [0.29, 0.717) is 6.42 Å². The maximum Gasteiger partial charge on any atom is 0.272 e. The van der Waals surface area contributed by atoms with E-state index < -0.39 is 11.7 Å². The van der Waals surface area contributed by atoms with Crippen LogP contribution in [0.3, 0.4) is 0 Å². The van der Waals surface area contributed by atoms with Crippen LogP contribution in [0.25, 0.3) is 0 Å². The van der Waals surface area contributed by atoms with Crippen molar-refractivity contribution in [1.29, 1.82) is 0 Å². The van der Waals surface area contributed by atoms with Gasteiger partial charge in [0.1, 0.15) is 0 Å².